The number of methoxy groups -OCH3 is 1. The van der Waals surface area contributed by atoms with Gasteiger partial charge in [0.2, 0.25) is 8.32 Å². The number of hydrogen-bond acceptors (Lipinski definition) is 5. The third-order valence-electron chi connectivity index (χ3n) is 9.69. The van der Waals surface area contributed by atoms with Crippen molar-refractivity contribution in [2.24, 2.45) is 17.3 Å². The molecule has 5 nitrogen and oxygen atoms in total. The van der Waals surface area contributed by atoms with Crippen molar-refractivity contribution < 1.29 is 23.4 Å². The van der Waals surface area contributed by atoms with Crippen molar-refractivity contribution in [2.75, 3.05) is 13.7 Å². The fourth-order valence-corrected chi connectivity index (χ4v) is 7.12. The molecule has 5 rings (SSSR count). The number of rotatable bonds is 11. The Morgan fingerprint density at radius 3 is 2.51 bits per heavy atom. The monoisotopic (exact) mass is 552 g/mol. The molecule has 2 atom stereocenters. The second-order valence-electron chi connectivity index (χ2n) is 13.5. The van der Waals surface area contributed by atoms with Gasteiger partial charge in [0.1, 0.15) is 11.5 Å². The molecule has 0 spiro atoms. The zero-order valence-corrected chi connectivity index (χ0v) is 26.1. The van der Waals surface area contributed by atoms with Crippen LogP contribution in [0.25, 0.3) is 0 Å². The second kappa shape index (κ2) is 11.3. The van der Waals surface area contributed by atoms with Gasteiger partial charge in [0.05, 0.1) is 31.0 Å². The van der Waals surface area contributed by atoms with E-state index in [2.05, 4.69) is 58.6 Å². The first-order valence-electron chi connectivity index (χ1n) is 14.5. The van der Waals surface area contributed by atoms with Crippen molar-refractivity contribution in [3.8, 4) is 5.75 Å². The standard InChI is InChI=1S/C33H48O5Si/c1-9-11-27(20-24(2)38-39(7,8)31(3,4)5)37-28-13-10-12-26(22-28)33-18-16-32(17-19-33,23-36-33)15-14-25-21-29(25)30(34)35-6/h9-13,20,22,25,29H,1,14-19,21,23H2,2-8H3/b24-20+,27-11+/t25-,29-,32?,33?/m1/s1. The highest BCUT2D eigenvalue weighted by molar-refractivity contribution is 6.74. The Hall–Kier alpha value is -2.31. The van der Waals surface area contributed by atoms with E-state index in [4.69, 9.17) is 18.6 Å². The SMILES string of the molecule is C=C/C=C(\C=C(/C)O[Si](C)(C)C(C)(C)C)Oc1cccc(C23CCC(CC[C@@H]4C[C@H]4C(=O)OC)(CC2)CO3)c1. The van der Waals surface area contributed by atoms with Crippen LogP contribution in [0.1, 0.15) is 78.2 Å². The molecule has 2 aliphatic heterocycles. The van der Waals surface area contributed by atoms with Crippen LogP contribution in [0.4, 0.5) is 0 Å². The van der Waals surface area contributed by atoms with Gasteiger partial charge in [0.25, 0.3) is 0 Å². The number of ether oxygens (including phenoxy) is 3. The number of hydrogen-bond donors (Lipinski definition) is 0. The summed E-state index contributed by atoms with van der Waals surface area (Å²) in [6, 6.07) is 8.37. The van der Waals surface area contributed by atoms with Crippen molar-refractivity contribution in [3.63, 3.8) is 0 Å². The number of carbonyl (C=O) groups excluding carboxylic acids is 1. The quantitative estimate of drug-likeness (QED) is 0.119. The average molecular weight is 553 g/mol. The van der Waals surface area contributed by atoms with Crippen LogP contribution in [0, 0.1) is 17.3 Å². The van der Waals surface area contributed by atoms with Crippen molar-refractivity contribution in [2.45, 2.75) is 96.4 Å². The molecule has 1 aromatic carbocycles. The van der Waals surface area contributed by atoms with E-state index in [-0.39, 0.29) is 27.9 Å². The fourth-order valence-electron chi connectivity index (χ4n) is 5.95. The molecule has 2 saturated carbocycles. The molecule has 6 heteroatoms. The van der Waals surface area contributed by atoms with Crippen LogP contribution in [0.5, 0.6) is 5.75 Å². The van der Waals surface area contributed by atoms with E-state index in [0.29, 0.717) is 11.7 Å². The first kappa shape index (κ1) is 29.7. The molecule has 0 radical (unpaired) electrons. The van der Waals surface area contributed by atoms with Gasteiger partial charge in [0, 0.05) is 6.08 Å². The number of benzene rings is 1. The average Bonchev–Trinajstić information content (AvgIpc) is 3.67. The molecule has 4 aliphatic rings. The lowest BCUT2D eigenvalue weighted by Gasteiger charge is -2.53. The van der Waals surface area contributed by atoms with Crippen LogP contribution in [0.2, 0.25) is 18.1 Å². The predicted octanol–water partition coefficient (Wildman–Crippen LogP) is 8.44. The largest absolute Gasteiger partial charge is 0.547 e. The fraction of sp³-hybridized carbons (Fsp3) is 0.606. The smallest absolute Gasteiger partial charge is 0.308 e. The van der Waals surface area contributed by atoms with Gasteiger partial charge in [-0.1, -0.05) is 45.6 Å². The Balaban J connectivity index is 1.39. The Bertz CT molecular complexity index is 1100. The molecule has 0 aromatic heterocycles. The summed E-state index contributed by atoms with van der Waals surface area (Å²) in [6.07, 6.45) is 13.2. The third kappa shape index (κ3) is 6.71. The maximum Gasteiger partial charge on any atom is 0.308 e. The minimum absolute atomic E-state index is 0.0398. The van der Waals surface area contributed by atoms with Crippen LogP contribution >= 0.6 is 0 Å². The Morgan fingerprint density at radius 2 is 1.92 bits per heavy atom. The number of carbonyl (C=O) groups is 1. The summed E-state index contributed by atoms with van der Waals surface area (Å²) in [4.78, 5) is 11.8. The van der Waals surface area contributed by atoms with Crippen molar-refractivity contribution in [1.82, 2.24) is 0 Å². The van der Waals surface area contributed by atoms with Gasteiger partial charge in [-0.3, -0.25) is 4.79 Å². The number of fused-ring (bicyclic) bond motifs is 3. The van der Waals surface area contributed by atoms with Gasteiger partial charge in [-0.15, -0.1) is 0 Å². The first-order chi connectivity index (χ1) is 18.3. The topological polar surface area (TPSA) is 54.0 Å². The highest BCUT2D eigenvalue weighted by Crippen LogP contribution is 2.57. The summed E-state index contributed by atoms with van der Waals surface area (Å²) >= 11 is 0. The summed E-state index contributed by atoms with van der Waals surface area (Å²) in [5.74, 6) is 2.93. The van der Waals surface area contributed by atoms with Crippen molar-refractivity contribution in [3.05, 3.63) is 66.2 Å². The lowest BCUT2D eigenvalue weighted by Crippen LogP contribution is -2.49. The minimum atomic E-state index is -1.93. The van der Waals surface area contributed by atoms with Crippen LogP contribution in [0.15, 0.2) is 60.6 Å². The maximum absolute atomic E-state index is 11.8. The number of allylic oxidation sites excluding steroid dienone is 4. The summed E-state index contributed by atoms with van der Waals surface area (Å²) in [5.41, 5.74) is 1.21. The molecule has 39 heavy (non-hydrogen) atoms. The van der Waals surface area contributed by atoms with Crippen LogP contribution in [0.3, 0.4) is 0 Å². The van der Waals surface area contributed by atoms with E-state index >= 15 is 0 Å². The van der Waals surface area contributed by atoms with Crippen LogP contribution in [-0.2, 0) is 24.3 Å². The highest BCUT2D eigenvalue weighted by Gasteiger charge is 2.52. The minimum Gasteiger partial charge on any atom is -0.547 e. The zero-order chi connectivity index (χ0) is 28.5. The maximum atomic E-state index is 11.8. The predicted molar refractivity (Wildman–Crippen MR) is 159 cm³/mol. The molecular formula is C33H48O5Si. The lowest BCUT2D eigenvalue weighted by atomic mass is 9.62. The summed E-state index contributed by atoms with van der Waals surface area (Å²) in [5, 5.41) is 0.125. The van der Waals surface area contributed by atoms with E-state index in [1.54, 1.807) is 6.08 Å². The molecule has 4 fully saturated rings. The normalized spacial score (nSPS) is 29.1. The van der Waals surface area contributed by atoms with Crippen LogP contribution in [-0.4, -0.2) is 28.0 Å². The van der Waals surface area contributed by atoms with Crippen molar-refractivity contribution >= 4 is 14.3 Å². The van der Waals surface area contributed by atoms with E-state index in [9.17, 15) is 4.79 Å². The highest BCUT2D eigenvalue weighted by atomic mass is 28.4. The van der Waals surface area contributed by atoms with E-state index in [1.165, 1.54) is 25.5 Å². The van der Waals surface area contributed by atoms with E-state index in [0.717, 1.165) is 50.2 Å². The Labute approximate surface area is 236 Å². The van der Waals surface area contributed by atoms with Gasteiger partial charge in [-0.05, 0) is 105 Å². The molecule has 0 unspecified atom stereocenters. The Kier molecular flexibility index (Phi) is 8.58. The summed E-state index contributed by atoms with van der Waals surface area (Å²) in [7, 11) is -0.440. The molecule has 2 bridgehead atoms. The van der Waals surface area contributed by atoms with E-state index < -0.39 is 8.32 Å². The molecular weight excluding hydrogens is 504 g/mol. The summed E-state index contributed by atoms with van der Waals surface area (Å²) in [6.45, 7) is 17.9. The zero-order valence-electron chi connectivity index (χ0n) is 25.1. The van der Waals surface area contributed by atoms with Gasteiger partial charge in [-0.25, -0.2) is 0 Å². The molecule has 0 amide bonds. The molecule has 1 aromatic rings. The van der Waals surface area contributed by atoms with Crippen molar-refractivity contribution in [1.29, 1.82) is 0 Å². The molecule has 214 valence electrons. The molecule has 0 N–H and O–H groups in total. The molecule has 2 heterocycles. The van der Waals surface area contributed by atoms with Gasteiger partial charge in [-0.2, -0.15) is 0 Å². The van der Waals surface area contributed by atoms with Crippen LogP contribution < -0.4 is 4.74 Å². The second-order valence-corrected chi connectivity index (χ2v) is 18.2. The first-order valence-corrected chi connectivity index (χ1v) is 17.4. The summed E-state index contributed by atoms with van der Waals surface area (Å²) < 4.78 is 24.4. The molecule has 2 saturated heterocycles. The number of esters is 1. The van der Waals surface area contributed by atoms with Gasteiger partial charge < -0.3 is 18.6 Å². The Morgan fingerprint density at radius 1 is 1.21 bits per heavy atom. The van der Waals surface area contributed by atoms with Gasteiger partial charge in [0.15, 0.2) is 0 Å². The third-order valence-corrected chi connectivity index (χ3v) is 14.1. The van der Waals surface area contributed by atoms with E-state index in [1.807, 2.05) is 25.1 Å². The molecule has 2 aliphatic carbocycles. The lowest BCUT2D eigenvalue weighted by molar-refractivity contribution is -0.192. The van der Waals surface area contributed by atoms with Gasteiger partial charge >= 0.3 is 5.97 Å².